The molecular weight excluding hydrogens is 228 g/mol. The van der Waals surface area contributed by atoms with Gasteiger partial charge in [0, 0.05) is 19.6 Å². The number of amides is 1. The van der Waals surface area contributed by atoms with Gasteiger partial charge in [0.25, 0.3) is 0 Å². The molecule has 0 saturated heterocycles. The molecule has 0 atom stereocenters. The first-order chi connectivity index (χ1) is 8.81. The molecule has 4 heteroatoms. The second-order valence-corrected chi connectivity index (χ2v) is 4.49. The number of nitrogens with zero attached hydrogens (tertiary/aromatic N) is 1. The van der Waals surface area contributed by atoms with E-state index in [1.165, 1.54) is 11.1 Å². The highest BCUT2D eigenvalue weighted by Gasteiger charge is 2.19. The van der Waals surface area contributed by atoms with Crippen LogP contribution in [0.4, 0.5) is 0 Å². The van der Waals surface area contributed by atoms with Crippen LogP contribution in [0.2, 0.25) is 0 Å². The minimum absolute atomic E-state index is 0.0839. The summed E-state index contributed by atoms with van der Waals surface area (Å²) in [6.45, 7) is 3.04. The first-order valence-corrected chi connectivity index (χ1v) is 6.38. The van der Waals surface area contributed by atoms with E-state index in [9.17, 15) is 4.79 Å². The molecule has 0 spiro atoms. The third kappa shape index (κ3) is 3.31. The van der Waals surface area contributed by atoms with Crippen LogP contribution in [0.3, 0.4) is 0 Å². The van der Waals surface area contributed by atoms with Crippen molar-refractivity contribution in [2.75, 3.05) is 33.4 Å². The molecule has 0 aliphatic carbocycles. The van der Waals surface area contributed by atoms with Gasteiger partial charge in [-0.1, -0.05) is 24.3 Å². The Morgan fingerprint density at radius 1 is 1.39 bits per heavy atom. The molecule has 1 aliphatic heterocycles. The van der Waals surface area contributed by atoms with Gasteiger partial charge in [-0.3, -0.25) is 4.79 Å². The van der Waals surface area contributed by atoms with E-state index in [0.717, 1.165) is 19.5 Å². The van der Waals surface area contributed by atoms with E-state index in [2.05, 4.69) is 23.5 Å². The number of carbonyl (C=O) groups excluding carboxylic acids is 1. The molecule has 18 heavy (non-hydrogen) atoms. The lowest BCUT2D eigenvalue weighted by Gasteiger charge is -2.28. The zero-order valence-electron chi connectivity index (χ0n) is 10.8. The van der Waals surface area contributed by atoms with Gasteiger partial charge in [-0.25, -0.2) is 0 Å². The molecule has 1 aromatic carbocycles. The number of rotatable bonds is 5. The Morgan fingerprint density at radius 2 is 2.17 bits per heavy atom. The highest BCUT2D eigenvalue weighted by Crippen LogP contribution is 2.18. The second kappa shape index (κ2) is 6.52. The van der Waals surface area contributed by atoms with Crippen LogP contribution in [0.15, 0.2) is 24.3 Å². The molecule has 1 heterocycles. The molecule has 2 rings (SSSR count). The summed E-state index contributed by atoms with van der Waals surface area (Å²) in [6, 6.07) is 8.31. The van der Waals surface area contributed by atoms with Crippen molar-refractivity contribution >= 4 is 5.91 Å². The molecule has 4 nitrogen and oxygen atoms in total. The third-order valence-electron chi connectivity index (χ3n) is 3.21. The van der Waals surface area contributed by atoms with Gasteiger partial charge in [0.2, 0.25) is 5.91 Å². The van der Waals surface area contributed by atoms with Gasteiger partial charge in [0.15, 0.2) is 0 Å². The van der Waals surface area contributed by atoms with Gasteiger partial charge >= 0.3 is 0 Å². The Morgan fingerprint density at radius 3 is 2.94 bits per heavy atom. The van der Waals surface area contributed by atoms with Gasteiger partial charge in [0.05, 0.1) is 6.61 Å². The van der Waals surface area contributed by atoms with Gasteiger partial charge in [-0.2, -0.15) is 0 Å². The zero-order valence-corrected chi connectivity index (χ0v) is 10.8. The molecule has 0 saturated carbocycles. The number of hydrogen-bond acceptors (Lipinski definition) is 3. The van der Waals surface area contributed by atoms with Crippen molar-refractivity contribution in [2.24, 2.45) is 0 Å². The fourth-order valence-electron chi connectivity index (χ4n) is 2.13. The summed E-state index contributed by atoms with van der Waals surface area (Å²) in [7, 11) is 1.87. The smallest absolute Gasteiger partial charge is 0.248 e. The normalized spacial score (nSPS) is 14.4. The van der Waals surface area contributed by atoms with Crippen LogP contribution in [0.5, 0.6) is 0 Å². The van der Waals surface area contributed by atoms with E-state index in [4.69, 9.17) is 4.74 Å². The largest absolute Gasteiger partial charge is 0.370 e. The molecule has 1 aromatic rings. The molecular formula is C14H20N2O2. The highest BCUT2D eigenvalue weighted by molar-refractivity contribution is 5.77. The fourth-order valence-corrected chi connectivity index (χ4v) is 2.13. The van der Waals surface area contributed by atoms with E-state index >= 15 is 0 Å². The molecule has 0 fully saturated rings. The predicted octanol–water partition coefficient (Wildman–Crippen LogP) is 0.807. The number of likely N-dealkylation sites (N-methyl/N-ethyl adjacent to an activating group) is 1. The van der Waals surface area contributed by atoms with Crippen LogP contribution in [-0.4, -0.2) is 44.2 Å². The van der Waals surface area contributed by atoms with Gasteiger partial charge in [-0.15, -0.1) is 0 Å². The van der Waals surface area contributed by atoms with E-state index in [-0.39, 0.29) is 12.5 Å². The van der Waals surface area contributed by atoms with Gasteiger partial charge in [0.1, 0.15) is 6.61 Å². The minimum atomic E-state index is 0.0839. The van der Waals surface area contributed by atoms with Gasteiger partial charge < -0.3 is 15.0 Å². The second-order valence-electron chi connectivity index (χ2n) is 4.49. The summed E-state index contributed by atoms with van der Waals surface area (Å²) >= 11 is 0. The Labute approximate surface area is 108 Å². The lowest BCUT2D eigenvalue weighted by molar-refractivity contribution is -0.137. The monoisotopic (exact) mass is 248 g/mol. The first kappa shape index (κ1) is 13.1. The highest BCUT2D eigenvalue weighted by atomic mass is 16.5. The number of nitrogens with one attached hydrogen (secondary N) is 1. The van der Waals surface area contributed by atoms with Crippen LogP contribution in [0, 0.1) is 0 Å². The molecule has 98 valence electrons. The molecule has 0 aromatic heterocycles. The number of hydrogen-bond donors (Lipinski definition) is 1. The number of ether oxygens (including phenoxy) is 1. The standard InChI is InChI=1S/C14H20N2O2/c1-15-7-9-18-11-14(17)16-8-6-12-4-2-3-5-13(12)10-16/h2-5,15H,6-11H2,1H3. The predicted molar refractivity (Wildman–Crippen MR) is 70.3 cm³/mol. The van der Waals surface area contributed by atoms with Crippen LogP contribution in [0.1, 0.15) is 11.1 Å². The number of carbonyl (C=O) groups is 1. The van der Waals surface area contributed by atoms with Crippen molar-refractivity contribution in [1.82, 2.24) is 10.2 Å². The van der Waals surface area contributed by atoms with E-state index in [0.29, 0.717) is 13.2 Å². The molecule has 0 unspecified atom stereocenters. The number of fused-ring (bicyclic) bond motifs is 1. The first-order valence-electron chi connectivity index (χ1n) is 6.38. The van der Waals surface area contributed by atoms with Crippen molar-refractivity contribution < 1.29 is 9.53 Å². The SMILES string of the molecule is CNCCOCC(=O)N1CCc2ccccc2C1. The quantitative estimate of drug-likeness (QED) is 0.784. The van der Waals surface area contributed by atoms with Gasteiger partial charge in [-0.05, 0) is 24.6 Å². The van der Waals surface area contributed by atoms with Crippen LogP contribution >= 0.6 is 0 Å². The lowest BCUT2D eigenvalue weighted by Crippen LogP contribution is -2.38. The molecule has 0 radical (unpaired) electrons. The Balaban J connectivity index is 1.83. The number of benzene rings is 1. The van der Waals surface area contributed by atoms with Crippen molar-refractivity contribution in [3.63, 3.8) is 0 Å². The van der Waals surface area contributed by atoms with E-state index in [1.54, 1.807) is 0 Å². The maximum Gasteiger partial charge on any atom is 0.248 e. The summed E-state index contributed by atoms with van der Waals surface area (Å²) in [5, 5.41) is 2.98. The fraction of sp³-hybridized carbons (Fsp3) is 0.500. The maximum absolute atomic E-state index is 12.0. The average molecular weight is 248 g/mol. The Kier molecular flexibility index (Phi) is 4.73. The van der Waals surface area contributed by atoms with Crippen molar-refractivity contribution in [1.29, 1.82) is 0 Å². The third-order valence-corrected chi connectivity index (χ3v) is 3.21. The van der Waals surface area contributed by atoms with Crippen molar-refractivity contribution in [3.8, 4) is 0 Å². The summed E-state index contributed by atoms with van der Waals surface area (Å²) in [4.78, 5) is 13.8. The van der Waals surface area contributed by atoms with Crippen molar-refractivity contribution in [3.05, 3.63) is 35.4 Å². The average Bonchev–Trinajstić information content (AvgIpc) is 2.43. The Bertz CT molecular complexity index is 407. The summed E-state index contributed by atoms with van der Waals surface area (Å²) in [6.07, 6.45) is 0.943. The van der Waals surface area contributed by atoms with Crippen molar-refractivity contribution in [2.45, 2.75) is 13.0 Å². The maximum atomic E-state index is 12.0. The van der Waals surface area contributed by atoms with E-state index in [1.807, 2.05) is 18.0 Å². The molecule has 0 bridgehead atoms. The van der Waals surface area contributed by atoms with Crippen LogP contribution < -0.4 is 5.32 Å². The van der Waals surface area contributed by atoms with E-state index < -0.39 is 0 Å². The van der Waals surface area contributed by atoms with Crippen LogP contribution in [-0.2, 0) is 22.5 Å². The molecule has 1 N–H and O–H groups in total. The summed E-state index contributed by atoms with van der Waals surface area (Å²) in [5.41, 5.74) is 2.62. The topological polar surface area (TPSA) is 41.6 Å². The lowest BCUT2D eigenvalue weighted by atomic mass is 10.00. The summed E-state index contributed by atoms with van der Waals surface area (Å²) in [5.74, 6) is 0.0839. The Hall–Kier alpha value is -1.39. The zero-order chi connectivity index (χ0) is 12.8. The molecule has 1 amide bonds. The van der Waals surface area contributed by atoms with Crippen LogP contribution in [0.25, 0.3) is 0 Å². The summed E-state index contributed by atoms with van der Waals surface area (Å²) < 4.78 is 5.32. The minimum Gasteiger partial charge on any atom is -0.370 e. The molecule has 1 aliphatic rings.